The lowest BCUT2D eigenvalue weighted by atomic mass is 10.0. The van der Waals surface area contributed by atoms with Crippen LogP contribution in [0.15, 0.2) is 139 Å². The monoisotopic (exact) mass is 541 g/mol. The number of allylic oxidation sites excluding steroid dienone is 1. The van der Waals surface area contributed by atoms with Crippen LogP contribution in [0.5, 0.6) is 0 Å². The molecular formula is C37H27N5. The molecule has 3 aromatic heterocycles. The van der Waals surface area contributed by atoms with Gasteiger partial charge in [-0.1, -0.05) is 60.7 Å². The molecule has 4 heterocycles. The lowest BCUT2D eigenvalue weighted by molar-refractivity contribution is 0.960. The Morgan fingerprint density at radius 2 is 1.38 bits per heavy atom. The molecule has 0 saturated carbocycles. The molecule has 0 saturated heterocycles. The van der Waals surface area contributed by atoms with Gasteiger partial charge in [0.2, 0.25) is 0 Å². The van der Waals surface area contributed by atoms with Crippen molar-refractivity contribution in [2.75, 3.05) is 11.4 Å². The maximum Gasteiger partial charge on any atom is 0.159 e. The number of fused-ring (bicyclic) bond motifs is 4. The number of para-hydroxylation sites is 1. The van der Waals surface area contributed by atoms with Gasteiger partial charge in [0.15, 0.2) is 5.65 Å². The Bertz CT molecular complexity index is 2130. The number of nitrogens with zero attached hydrogens (tertiary/aromatic N) is 5. The third-order valence-corrected chi connectivity index (χ3v) is 7.95. The second kappa shape index (κ2) is 10.1. The number of pyridine rings is 2. The van der Waals surface area contributed by atoms with E-state index in [-0.39, 0.29) is 0 Å². The first-order valence-electron chi connectivity index (χ1n) is 14.2. The Labute approximate surface area is 243 Å². The van der Waals surface area contributed by atoms with E-state index in [9.17, 15) is 0 Å². The molecule has 1 aliphatic heterocycles. The van der Waals surface area contributed by atoms with E-state index in [2.05, 4.69) is 135 Å². The zero-order valence-corrected chi connectivity index (χ0v) is 22.9. The molecule has 0 amide bonds. The third-order valence-electron chi connectivity index (χ3n) is 7.95. The second-order valence-electron chi connectivity index (χ2n) is 10.5. The van der Waals surface area contributed by atoms with Gasteiger partial charge in [-0.2, -0.15) is 0 Å². The van der Waals surface area contributed by atoms with Gasteiger partial charge < -0.3 is 9.47 Å². The van der Waals surface area contributed by atoms with Gasteiger partial charge >= 0.3 is 0 Å². The molecule has 0 radical (unpaired) electrons. The van der Waals surface area contributed by atoms with Crippen molar-refractivity contribution in [2.45, 2.75) is 6.42 Å². The Morgan fingerprint density at radius 1 is 0.643 bits per heavy atom. The molecule has 8 rings (SSSR count). The molecule has 42 heavy (non-hydrogen) atoms. The predicted molar refractivity (Wildman–Crippen MR) is 175 cm³/mol. The van der Waals surface area contributed by atoms with E-state index in [1.165, 1.54) is 16.8 Å². The molecule has 0 N–H and O–H groups in total. The van der Waals surface area contributed by atoms with Gasteiger partial charge in [-0.05, 0) is 77.9 Å². The summed E-state index contributed by atoms with van der Waals surface area (Å²) in [5.41, 5.74) is 10.8. The largest absolute Gasteiger partial charge is 0.311 e. The zero-order valence-electron chi connectivity index (χ0n) is 22.9. The van der Waals surface area contributed by atoms with Crippen LogP contribution in [-0.4, -0.2) is 27.3 Å². The smallest absolute Gasteiger partial charge is 0.159 e. The Balaban J connectivity index is 1.34. The van der Waals surface area contributed by atoms with Crippen LogP contribution in [0.25, 0.3) is 49.8 Å². The number of hydrogen-bond acceptors (Lipinski definition) is 4. The van der Waals surface area contributed by atoms with Crippen molar-refractivity contribution in [3.63, 3.8) is 0 Å². The lowest BCUT2D eigenvalue weighted by Crippen LogP contribution is -2.09. The number of anilines is 3. The van der Waals surface area contributed by atoms with Crippen molar-refractivity contribution >= 4 is 61.9 Å². The van der Waals surface area contributed by atoms with Crippen molar-refractivity contribution < 1.29 is 0 Å². The first kappa shape index (κ1) is 24.3. The standard InChI is InChI=1S/C37H27N5/c1-3-8-26(9-4-1)27-13-15-30(16-14-27)41(29-11-5-2-6-12-29)32-17-18-34-33(25-32)36-35(42(34)31-19-22-38-23-20-31)24-28-10-7-21-39-37(28)40-36/h1-19,21-22,24-25H,20,23H2. The highest BCUT2D eigenvalue weighted by atomic mass is 15.1. The minimum atomic E-state index is 0.755. The molecule has 0 spiro atoms. The SMILES string of the molecule is C1=NCCC(n2c3ccc(N(c4ccccc4)c4ccc(-c5ccccc5)cc4)cc3c3nc4ncccc4cc32)=C1. The van der Waals surface area contributed by atoms with Crippen LogP contribution >= 0.6 is 0 Å². The zero-order chi connectivity index (χ0) is 27.9. The van der Waals surface area contributed by atoms with E-state index < -0.39 is 0 Å². The number of benzene rings is 4. The summed E-state index contributed by atoms with van der Waals surface area (Å²) in [6.07, 6.45) is 6.72. The molecule has 0 unspecified atom stereocenters. The number of aromatic nitrogens is 3. The van der Waals surface area contributed by atoms with E-state index >= 15 is 0 Å². The Morgan fingerprint density at radius 3 is 2.17 bits per heavy atom. The fourth-order valence-corrected chi connectivity index (χ4v) is 5.97. The van der Waals surface area contributed by atoms with Crippen LogP contribution in [0.3, 0.4) is 0 Å². The predicted octanol–water partition coefficient (Wildman–Crippen LogP) is 9.19. The summed E-state index contributed by atoms with van der Waals surface area (Å²) in [6, 6.07) is 42.8. The van der Waals surface area contributed by atoms with Gasteiger partial charge in [-0.3, -0.25) is 4.99 Å². The van der Waals surface area contributed by atoms with Gasteiger partial charge in [0, 0.05) is 58.9 Å². The molecule has 0 fully saturated rings. The first-order valence-corrected chi connectivity index (χ1v) is 14.2. The van der Waals surface area contributed by atoms with E-state index in [0.717, 1.165) is 63.0 Å². The van der Waals surface area contributed by atoms with E-state index in [0.29, 0.717) is 0 Å². The summed E-state index contributed by atoms with van der Waals surface area (Å²) in [6.45, 7) is 0.786. The van der Waals surface area contributed by atoms with E-state index in [4.69, 9.17) is 4.98 Å². The maximum atomic E-state index is 5.10. The summed E-state index contributed by atoms with van der Waals surface area (Å²) in [7, 11) is 0. The normalized spacial score (nSPS) is 13.1. The van der Waals surface area contributed by atoms with E-state index in [1.807, 2.05) is 24.5 Å². The first-order chi connectivity index (χ1) is 20.8. The quantitative estimate of drug-likeness (QED) is 0.218. The summed E-state index contributed by atoms with van der Waals surface area (Å²) < 4.78 is 2.35. The summed E-state index contributed by atoms with van der Waals surface area (Å²) in [5.74, 6) is 0. The van der Waals surface area contributed by atoms with Crippen LogP contribution in [-0.2, 0) is 0 Å². The van der Waals surface area contributed by atoms with Crippen LogP contribution < -0.4 is 4.90 Å². The van der Waals surface area contributed by atoms with Gasteiger partial charge in [-0.15, -0.1) is 0 Å². The third kappa shape index (κ3) is 4.14. The van der Waals surface area contributed by atoms with E-state index in [1.54, 1.807) is 0 Å². The van der Waals surface area contributed by atoms with Crippen molar-refractivity contribution in [1.82, 2.24) is 14.5 Å². The summed E-state index contributed by atoms with van der Waals surface area (Å²) in [5, 5.41) is 2.13. The van der Waals surface area contributed by atoms with Crippen LogP contribution in [0, 0.1) is 0 Å². The average Bonchev–Trinajstić information content (AvgIpc) is 3.38. The van der Waals surface area contributed by atoms with Crippen molar-refractivity contribution in [2.24, 2.45) is 4.99 Å². The molecule has 200 valence electrons. The molecule has 0 bridgehead atoms. The van der Waals surface area contributed by atoms with Gasteiger partial charge in [-0.25, -0.2) is 9.97 Å². The Hall–Kier alpha value is -5.55. The topological polar surface area (TPSA) is 46.3 Å². The fraction of sp³-hybridized carbons (Fsp3) is 0.0541. The van der Waals surface area contributed by atoms with Gasteiger partial charge in [0.25, 0.3) is 0 Å². The highest BCUT2D eigenvalue weighted by Gasteiger charge is 2.20. The minimum absolute atomic E-state index is 0.755. The fourth-order valence-electron chi connectivity index (χ4n) is 5.97. The lowest BCUT2D eigenvalue weighted by Gasteiger charge is -2.26. The average molecular weight is 542 g/mol. The maximum absolute atomic E-state index is 5.10. The molecule has 0 atom stereocenters. The summed E-state index contributed by atoms with van der Waals surface area (Å²) in [4.78, 5) is 16.4. The number of dihydropyridines is 1. The molecule has 0 aliphatic carbocycles. The van der Waals surface area contributed by atoms with Crippen molar-refractivity contribution in [3.05, 3.63) is 134 Å². The van der Waals surface area contributed by atoms with Crippen LogP contribution in [0.2, 0.25) is 0 Å². The Kier molecular flexibility index (Phi) is 5.85. The second-order valence-corrected chi connectivity index (χ2v) is 10.5. The molecule has 1 aliphatic rings. The molecule has 5 nitrogen and oxygen atoms in total. The van der Waals surface area contributed by atoms with Gasteiger partial charge in [0.05, 0.1) is 16.6 Å². The van der Waals surface area contributed by atoms with Crippen molar-refractivity contribution in [3.8, 4) is 11.1 Å². The van der Waals surface area contributed by atoms with Crippen LogP contribution in [0.1, 0.15) is 6.42 Å². The minimum Gasteiger partial charge on any atom is -0.311 e. The highest BCUT2D eigenvalue weighted by Crippen LogP contribution is 2.40. The number of hydrogen-bond donors (Lipinski definition) is 0. The summed E-state index contributed by atoms with van der Waals surface area (Å²) >= 11 is 0. The number of aliphatic imine (C=N–C) groups is 1. The molecule has 7 aromatic rings. The van der Waals surface area contributed by atoms with Crippen LogP contribution in [0.4, 0.5) is 17.1 Å². The molecular weight excluding hydrogens is 514 g/mol. The van der Waals surface area contributed by atoms with Gasteiger partial charge in [0.1, 0.15) is 0 Å². The van der Waals surface area contributed by atoms with Crippen molar-refractivity contribution in [1.29, 1.82) is 0 Å². The molecule has 5 heteroatoms. The number of rotatable bonds is 5. The molecule has 4 aromatic carbocycles. The highest BCUT2D eigenvalue weighted by molar-refractivity contribution is 6.12.